The summed E-state index contributed by atoms with van der Waals surface area (Å²) in [7, 11) is 1.95. The molecule has 0 atom stereocenters. The van der Waals surface area contributed by atoms with Crippen LogP contribution in [0.4, 0.5) is 11.5 Å². The fourth-order valence-corrected chi connectivity index (χ4v) is 4.82. The van der Waals surface area contributed by atoms with Crippen LogP contribution in [0.15, 0.2) is 49.1 Å². The zero-order valence-corrected chi connectivity index (χ0v) is 18.7. The summed E-state index contributed by atoms with van der Waals surface area (Å²) in [5.74, 6) is 0.429. The van der Waals surface area contributed by atoms with Gasteiger partial charge in [0.15, 0.2) is 0 Å². The van der Waals surface area contributed by atoms with Gasteiger partial charge in [0, 0.05) is 80.3 Å². The second-order valence-electron chi connectivity index (χ2n) is 8.78. The molecule has 3 N–H and O–H groups in total. The van der Waals surface area contributed by atoms with Gasteiger partial charge in [-0.1, -0.05) is 6.07 Å². The summed E-state index contributed by atoms with van der Waals surface area (Å²) in [6, 6.07) is 7.63. The van der Waals surface area contributed by atoms with E-state index in [0.717, 1.165) is 33.4 Å². The molecule has 1 fully saturated rings. The first-order valence-corrected chi connectivity index (χ1v) is 11.3. The van der Waals surface area contributed by atoms with E-state index in [4.69, 9.17) is 9.72 Å². The Bertz CT molecular complexity index is 1410. The number of rotatable bonds is 4. The lowest BCUT2D eigenvalue weighted by molar-refractivity contribution is -0.0680. The van der Waals surface area contributed by atoms with Crippen LogP contribution < -0.4 is 10.6 Å². The number of carbonyl (C=O) groups is 1. The molecule has 2 aliphatic rings. The molecular formula is C25H24N6O3. The molecule has 0 bridgehead atoms. The van der Waals surface area contributed by atoms with Gasteiger partial charge in [0.25, 0.3) is 5.91 Å². The van der Waals surface area contributed by atoms with Gasteiger partial charge in [0.2, 0.25) is 0 Å². The van der Waals surface area contributed by atoms with Crippen LogP contribution in [0, 0.1) is 0 Å². The number of amides is 1. The van der Waals surface area contributed by atoms with E-state index in [1.54, 1.807) is 18.6 Å². The molecule has 1 saturated heterocycles. The number of aromatic nitrogens is 4. The van der Waals surface area contributed by atoms with E-state index >= 15 is 0 Å². The molecule has 0 aliphatic carbocycles. The Morgan fingerprint density at radius 3 is 2.76 bits per heavy atom. The van der Waals surface area contributed by atoms with Crippen molar-refractivity contribution >= 4 is 28.4 Å². The summed E-state index contributed by atoms with van der Waals surface area (Å²) in [5, 5.41) is 18.0. The van der Waals surface area contributed by atoms with Crippen molar-refractivity contribution in [2.75, 3.05) is 18.5 Å². The number of carbonyl (C=O) groups excluding carboxylic acids is 1. The van der Waals surface area contributed by atoms with Crippen molar-refractivity contribution in [1.29, 1.82) is 0 Å². The summed E-state index contributed by atoms with van der Waals surface area (Å²) >= 11 is 0. The predicted octanol–water partition coefficient (Wildman–Crippen LogP) is 3.02. The number of aryl methyl sites for hydroxylation is 1. The average Bonchev–Trinajstić information content (AvgIpc) is 3.44. The highest BCUT2D eigenvalue weighted by molar-refractivity contribution is 6.06. The minimum absolute atomic E-state index is 0.146. The SMILES string of the molecule is Cn1ccc2c(-c3ncc(Nc4ccc(C5(O)CCOCC5)cn4)c4c3CNC4=O)ccnc21. The topological polar surface area (TPSA) is 114 Å². The van der Waals surface area contributed by atoms with E-state index in [1.807, 2.05) is 42.1 Å². The maximum Gasteiger partial charge on any atom is 0.254 e. The van der Waals surface area contributed by atoms with Crippen LogP contribution in [0.2, 0.25) is 0 Å². The van der Waals surface area contributed by atoms with Crippen molar-refractivity contribution in [3.63, 3.8) is 0 Å². The fraction of sp³-hybridized carbons (Fsp3) is 0.280. The molecule has 4 aromatic heterocycles. The molecule has 9 nitrogen and oxygen atoms in total. The number of nitrogens with one attached hydrogen (secondary N) is 2. The lowest BCUT2D eigenvalue weighted by atomic mass is 9.87. The minimum atomic E-state index is -0.915. The van der Waals surface area contributed by atoms with E-state index < -0.39 is 5.60 Å². The third-order valence-electron chi connectivity index (χ3n) is 6.74. The molecule has 1 amide bonds. The number of fused-ring (bicyclic) bond motifs is 2. The number of ether oxygens (including phenoxy) is 1. The van der Waals surface area contributed by atoms with Crippen LogP contribution in [0.3, 0.4) is 0 Å². The van der Waals surface area contributed by atoms with Crippen LogP contribution in [-0.4, -0.2) is 43.7 Å². The lowest BCUT2D eigenvalue weighted by Crippen LogP contribution is -2.33. The first-order valence-electron chi connectivity index (χ1n) is 11.3. The third-order valence-corrected chi connectivity index (χ3v) is 6.74. The molecule has 34 heavy (non-hydrogen) atoms. The number of nitrogens with zero attached hydrogens (tertiary/aromatic N) is 4. The summed E-state index contributed by atoms with van der Waals surface area (Å²) in [4.78, 5) is 26.5. The van der Waals surface area contributed by atoms with Gasteiger partial charge in [-0.25, -0.2) is 9.97 Å². The molecule has 2 aliphatic heterocycles. The molecule has 0 saturated carbocycles. The molecule has 4 aromatic rings. The average molecular weight is 457 g/mol. The Morgan fingerprint density at radius 2 is 1.97 bits per heavy atom. The molecule has 172 valence electrons. The maximum absolute atomic E-state index is 12.8. The predicted molar refractivity (Wildman–Crippen MR) is 127 cm³/mol. The zero-order valence-electron chi connectivity index (χ0n) is 18.7. The van der Waals surface area contributed by atoms with Gasteiger partial charge >= 0.3 is 0 Å². The molecule has 0 spiro atoms. The van der Waals surface area contributed by atoms with Crippen molar-refractivity contribution in [2.24, 2.45) is 7.05 Å². The van der Waals surface area contributed by atoms with Gasteiger partial charge in [-0.15, -0.1) is 0 Å². The Hall–Kier alpha value is -3.82. The van der Waals surface area contributed by atoms with Gasteiger partial charge in [0.05, 0.1) is 28.7 Å². The Morgan fingerprint density at radius 1 is 1.12 bits per heavy atom. The highest BCUT2D eigenvalue weighted by Gasteiger charge is 2.32. The second kappa shape index (κ2) is 7.89. The van der Waals surface area contributed by atoms with Crippen molar-refractivity contribution in [2.45, 2.75) is 25.0 Å². The van der Waals surface area contributed by atoms with Crippen LogP contribution >= 0.6 is 0 Å². The van der Waals surface area contributed by atoms with Crippen LogP contribution in [0.25, 0.3) is 22.3 Å². The Kier molecular flexibility index (Phi) is 4.82. The molecule has 6 rings (SSSR count). The van der Waals surface area contributed by atoms with E-state index in [-0.39, 0.29) is 5.91 Å². The van der Waals surface area contributed by atoms with Gasteiger partial charge in [-0.2, -0.15) is 0 Å². The van der Waals surface area contributed by atoms with E-state index in [9.17, 15) is 9.90 Å². The van der Waals surface area contributed by atoms with Crippen molar-refractivity contribution in [1.82, 2.24) is 24.8 Å². The summed E-state index contributed by atoms with van der Waals surface area (Å²) in [6.07, 6.45) is 8.18. The normalized spacial score (nSPS) is 16.9. The largest absolute Gasteiger partial charge is 0.385 e. The van der Waals surface area contributed by atoms with Gasteiger partial charge in [-0.3, -0.25) is 9.78 Å². The first kappa shape index (κ1) is 20.8. The first-order chi connectivity index (χ1) is 16.5. The smallest absolute Gasteiger partial charge is 0.254 e. The third kappa shape index (κ3) is 3.32. The van der Waals surface area contributed by atoms with Gasteiger partial charge < -0.3 is 25.0 Å². The molecule has 0 aromatic carbocycles. The van der Waals surface area contributed by atoms with Crippen molar-refractivity contribution in [3.8, 4) is 11.3 Å². The highest BCUT2D eigenvalue weighted by Crippen LogP contribution is 2.36. The van der Waals surface area contributed by atoms with Crippen molar-refractivity contribution < 1.29 is 14.6 Å². The van der Waals surface area contributed by atoms with E-state index in [2.05, 4.69) is 20.6 Å². The number of anilines is 2. The van der Waals surface area contributed by atoms with Gasteiger partial charge in [0.1, 0.15) is 11.5 Å². The van der Waals surface area contributed by atoms with Gasteiger partial charge in [-0.05, 0) is 18.2 Å². The standard InChI is InChI=1S/C25H24N6O3/c1-31-9-5-17-16(4-8-26-23(17)31)22-18-13-29-24(32)21(18)19(14-28-22)30-20-3-2-15(12-27-20)25(33)6-10-34-11-7-25/h2-5,8-9,12,14,33H,6-7,10-11,13H2,1H3,(H,27,30)(H,29,32). The number of aliphatic hydroxyl groups is 1. The molecule has 0 radical (unpaired) electrons. The molecule has 9 heteroatoms. The van der Waals surface area contributed by atoms with Crippen molar-refractivity contribution in [3.05, 3.63) is 65.7 Å². The highest BCUT2D eigenvalue weighted by atomic mass is 16.5. The molecule has 0 unspecified atom stereocenters. The second-order valence-corrected chi connectivity index (χ2v) is 8.78. The zero-order chi connectivity index (χ0) is 23.3. The fourth-order valence-electron chi connectivity index (χ4n) is 4.82. The van der Waals surface area contributed by atoms with Crippen LogP contribution in [0.5, 0.6) is 0 Å². The van der Waals surface area contributed by atoms with E-state index in [0.29, 0.717) is 49.7 Å². The molecule has 6 heterocycles. The van der Waals surface area contributed by atoms with Crippen LogP contribution in [-0.2, 0) is 23.9 Å². The Labute approximate surface area is 195 Å². The number of hydrogen-bond donors (Lipinski definition) is 3. The Balaban J connectivity index is 1.35. The van der Waals surface area contributed by atoms with E-state index in [1.165, 1.54) is 0 Å². The molecular weight excluding hydrogens is 432 g/mol. The quantitative estimate of drug-likeness (QED) is 0.432. The monoisotopic (exact) mass is 456 g/mol. The lowest BCUT2D eigenvalue weighted by Gasteiger charge is -2.32. The summed E-state index contributed by atoms with van der Waals surface area (Å²) < 4.78 is 7.33. The summed E-state index contributed by atoms with van der Waals surface area (Å²) in [6.45, 7) is 1.47. The number of pyridine rings is 3. The summed E-state index contributed by atoms with van der Waals surface area (Å²) in [5.41, 5.74) is 4.43. The van der Waals surface area contributed by atoms with Crippen LogP contribution in [0.1, 0.15) is 34.3 Å². The maximum atomic E-state index is 12.8. The number of hydrogen-bond acceptors (Lipinski definition) is 7. The minimum Gasteiger partial charge on any atom is -0.385 e.